The van der Waals surface area contributed by atoms with Crippen LogP contribution in [0, 0.1) is 0 Å². The number of H-pyrrole nitrogens is 1. The van der Waals surface area contributed by atoms with Gasteiger partial charge >= 0.3 is 0 Å². The second kappa shape index (κ2) is 7.60. The Bertz CT molecular complexity index is 1060. The van der Waals surface area contributed by atoms with Crippen LogP contribution in [0.2, 0.25) is 0 Å². The van der Waals surface area contributed by atoms with E-state index in [1.807, 2.05) is 53.3 Å². The Morgan fingerprint density at radius 2 is 1.97 bits per heavy atom. The Kier molecular flexibility index (Phi) is 4.78. The van der Waals surface area contributed by atoms with E-state index in [0.717, 1.165) is 22.4 Å². The van der Waals surface area contributed by atoms with Gasteiger partial charge in [-0.25, -0.2) is 4.98 Å². The molecule has 1 fully saturated rings. The lowest BCUT2D eigenvalue weighted by Gasteiger charge is -2.33. The second-order valence-corrected chi connectivity index (χ2v) is 7.90. The number of ether oxygens (including phenoxy) is 1. The summed E-state index contributed by atoms with van der Waals surface area (Å²) >= 11 is 0. The molecule has 0 radical (unpaired) electrons. The predicted molar refractivity (Wildman–Crippen MR) is 111 cm³/mol. The summed E-state index contributed by atoms with van der Waals surface area (Å²) in [5, 5.41) is 1.02. The molecule has 0 spiro atoms. The smallest absolute Gasteiger partial charge is 0.270 e. The summed E-state index contributed by atoms with van der Waals surface area (Å²) in [6, 6.07) is 9.61. The summed E-state index contributed by atoms with van der Waals surface area (Å²) in [5.41, 5.74) is 2.30. The molecule has 2 aromatic heterocycles. The number of imidazole rings is 1. The number of hydrogen-bond donors (Lipinski definition) is 1. The van der Waals surface area contributed by atoms with Crippen LogP contribution < -0.4 is 0 Å². The maximum atomic E-state index is 13.2. The molecular weight excluding hydrogens is 382 g/mol. The van der Waals surface area contributed by atoms with Crippen LogP contribution in [0.5, 0.6) is 0 Å². The highest BCUT2D eigenvalue weighted by Gasteiger charge is 2.31. The van der Waals surface area contributed by atoms with Gasteiger partial charge in [-0.1, -0.05) is 18.2 Å². The maximum Gasteiger partial charge on any atom is 0.270 e. The van der Waals surface area contributed by atoms with E-state index in [1.54, 1.807) is 0 Å². The fourth-order valence-electron chi connectivity index (χ4n) is 4.33. The molecule has 0 aliphatic carbocycles. The van der Waals surface area contributed by atoms with Crippen LogP contribution in [0.1, 0.15) is 35.0 Å². The summed E-state index contributed by atoms with van der Waals surface area (Å²) in [7, 11) is 0. The van der Waals surface area contributed by atoms with Gasteiger partial charge < -0.3 is 24.1 Å². The van der Waals surface area contributed by atoms with E-state index in [9.17, 15) is 9.59 Å². The minimum atomic E-state index is -0.162. The number of nitrogens with one attached hydrogen (secondary N) is 1. The number of hydrogen-bond acceptors (Lipinski definition) is 4. The third-order valence-electron chi connectivity index (χ3n) is 6.00. The van der Waals surface area contributed by atoms with E-state index in [4.69, 9.17) is 9.72 Å². The molecule has 8 nitrogen and oxygen atoms in total. The van der Waals surface area contributed by atoms with E-state index < -0.39 is 0 Å². The Balaban J connectivity index is 1.32. The number of carbonyl (C=O) groups is 2. The molecular formula is C22H25N5O3. The first-order valence-electron chi connectivity index (χ1n) is 10.4. The van der Waals surface area contributed by atoms with Crippen molar-refractivity contribution in [3.05, 3.63) is 53.7 Å². The molecule has 0 unspecified atom stereocenters. The van der Waals surface area contributed by atoms with Gasteiger partial charge in [0.15, 0.2) is 0 Å². The van der Waals surface area contributed by atoms with Crippen molar-refractivity contribution in [3.8, 4) is 0 Å². The predicted octanol–water partition coefficient (Wildman–Crippen LogP) is 1.98. The molecule has 1 saturated heterocycles. The van der Waals surface area contributed by atoms with Gasteiger partial charge in [0.1, 0.15) is 11.5 Å². The van der Waals surface area contributed by atoms with Crippen molar-refractivity contribution in [3.63, 3.8) is 0 Å². The first-order chi connectivity index (χ1) is 14.6. The molecule has 2 aliphatic rings. The van der Waals surface area contributed by atoms with Crippen LogP contribution in [0.4, 0.5) is 0 Å². The SMILES string of the molecule is C[C@@H]1c2nc(CC(=O)N3CCOCC3)cn2CCN1C(=O)c1cc2ccccc2[nH]1. The molecule has 4 heterocycles. The summed E-state index contributed by atoms with van der Waals surface area (Å²) in [4.78, 5) is 37.3. The minimum absolute atomic E-state index is 0.0288. The van der Waals surface area contributed by atoms with Crippen molar-refractivity contribution in [1.29, 1.82) is 0 Å². The lowest BCUT2D eigenvalue weighted by molar-refractivity contribution is -0.134. The number of aromatic nitrogens is 3. The zero-order valence-electron chi connectivity index (χ0n) is 17.0. The van der Waals surface area contributed by atoms with Gasteiger partial charge in [-0.15, -0.1) is 0 Å². The number of nitrogens with zero attached hydrogens (tertiary/aromatic N) is 4. The van der Waals surface area contributed by atoms with Gasteiger partial charge in [0, 0.05) is 43.3 Å². The zero-order valence-corrected chi connectivity index (χ0v) is 17.0. The van der Waals surface area contributed by atoms with Crippen molar-refractivity contribution < 1.29 is 14.3 Å². The number of fused-ring (bicyclic) bond motifs is 2. The lowest BCUT2D eigenvalue weighted by Crippen LogP contribution is -2.41. The highest BCUT2D eigenvalue weighted by Crippen LogP contribution is 2.27. The number of rotatable bonds is 3. The van der Waals surface area contributed by atoms with Crippen LogP contribution in [0.25, 0.3) is 10.9 Å². The number of para-hydroxylation sites is 1. The molecule has 3 aromatic rings. The molecule has 1 N–H and O–H groups in total. The Morgan fingerprint density at radius 1 is 1.17 bits per heavy atom. The van der Waals surface area contributed by atoms with Gasteiger partial charge in [0.2, 0.25) is 5.91 Å². The van der Waals surface area contributed by atoms with E-state index >= 15 is 0 Å². The summed E-state index contributed by atoms with van der Waals surface area (Å²) in [6.45, 7) is 5.72. The van der Waals surface area contributed by atoms with E-state index in [2.05, 4.69) is 9.55 Å². The summed E-state index contributed by atoms with van der Waals surface area (Å²) in [6.07, 6.45) is 2.23. The van der Waals surface area contributed by atoms with Crippen molar-refractivity contribution in [2.24, 2.45) is 0 Å². The number of amides is 2. The third-order valence-corrected chi connectivity index (χ3v) is 6.00. The second-order valence-electron chi connectivity index (χ2n) is 7.90. The van der Waals surface area contributed by atoms with Gasteiger partial charge in [-0.3, -0.25) is 9.59 Å². The molecule has 30 heavy (non-hydrogen) atoms. The van der Waals surface area contributed by atoms with Crippen molar-refractivity contribution in [2.75, 3.05) is 32.8 Å². The van der Waals surface area contributed by atoms with Gasteiger partial charge in [0.05, 0.1) is 31.4 Å². The first-order valence-corrected chi connectivity index (χ1v) is 10.4. The number of morpholine rings is 1. The molecule has 5 rings (SSSR count). The molecule has 0 saturated carbocycles. The molecule has 156 valence electrons. The zero-order chi connectivity index (χ0) is 20.7. The quantitative estimate of drug-likeness (QED) is 0.720. The molecule has 0 bridgehead atoms. The number of benzene rings is 1. The average Bonchev–Trinajstić information content (AvgIpc) is 3.38. The average molecular weight is 407 g/mol. The fourth-order valence-corrected chi connectivity index (χ4v) is 4.33. The Hall–Kier alpha value is -3.13. The van der Waals surface area contributed by atoms with E-state index in [1.165, 1.54) is 0 Å². The number of carbonyl (C=O) groups excluding carboxylic acids is 2. The van der Waals surface area contributed by atoms with Crippen LogP contribution >= 0.6 is 0 Å². The summed E-state index contributed by atoms with van der Waals surface area (Å²) in [5.74, 6) is 0.877. The highest BCUT2D eigenvalue weighted by molar-refractivity contribution is 5.98. The monoisotopic (exact) mass is 407 g/mol. The standard InChI is InChI=1S/C22H25N5O3/c1-15-21-23-17(13-20(28)25-8-10-30-11-9-25)14-26(21)6-7-27(15)22(29)19-12-16-4-2-3-5-18(16)24-19/h2-5,12,14-15,24H,6-11,13H2,1H3/t15-/m1/s1. The summed E-state index contributed by atoms with van der Waals surface area (Å²) < 4.78 is 7.39. The molecule has 2 amide bonds. The normalized spacial score (nSPS) is 19.2. The van der Waals surface area contributed by atoms with Crippen molar-refractivity contribution >= 4 is 22.7 Å². The van der Waals surface area contributed by atoms with E-state index in [0.29, 0.717) is 45.1 Å². The van der Waals surface area contributed by atoms with Gasteiger partial charge in [-0.2, -0.15) is 0 Å². The number of aromatic amines is 1. The Morgan fingerprint density at radius 3 is 2.77 bits per heavy atom. The highest BCUT2D eigenvalue weighted by atomic mass is 16.5. The van der Waals surface area contributed by atoms with Crippen LogP contribution in [-0.2, 0) is 22.5 Å². The molecule has 1 atom stereocenters. The first kappa shape index (κ1) is 18.9. The molecule has 1 aromatic carbocycles. The minimum Gasteiger partial charge on any atom is -0.378 e. The van der Waals surface area contributed by atoms with Crippen LogP contribution in [0.3, 0.4) is 0 Å². The van der Waals surface area contributed by atoms with E-state index in [-0.39, 0.29) is 24.3 Å². The maximum absolute atomic E-state index is 13.2. The Labute approximate surface area is 174 Å². The van der Waals surface area contributed by atoms with Crippen LogP contribution in [0.15, 0.2) is 36.5 Å². The lowest BCUT2D eigenvalue weighted by atomic mass is 10.2. The largest absolute Gasteiger partial charge is 0.378 e. The fraction of sp³-hybridized carbons (Fsp3) is 0.409. The van der Waals surface area contributed by atoms with Crippen molar-refractivity contribution in [2.45, 2.75) is 25.9 Å². The van der Waals surface area contributed by atoms with Crippen molar-refractivity contribution in [1.82, 2.24) is 24.3 Å². The van der Waals surface area contributed by atoms with Crippen LogP contribution in [-0.4, -0.2) is 69.0 Å². The van der Waals surface area contributed by atoms with Gasteiger partial charge in [0.25, 0.3) is 5.91 Å². The molecule has 8 heteroatoms. The molecule has 2 aliphatic heterocycles. The third kappa shape index (κ3) is 3.37. The topological polar surface area (TPSA) is 83.5 Å². The van der Waals surface area contributed by atoms with Gasteiger partial charge in [-0.05, 0) is 19.1 Å².